The van der Waals surface area contributed by atoms with Crippen LogP contribution in [0, 0.1) is 22.7 Å². The van der Waals surface area contributed by atoms with Gasteiger partial charge in [0.15, 0.2) is 11.5 Å². The molecule has 1 aromatic heterocycles. The first-order chi connectivity index (χ1) is 9.22. The Morgan fingerprint density at radius 1 is 1.00 bits per heavy atom. The summed E-state index contributed by atoms with van der Waals surface area (Å²) in [5, 5.41) is 25.2. The number of anilines is 1. The number of nitriles is 2. The van der Waals surface area contributed by atoms with Gasteiger partial charge in [0, 0.05) is 13.6 Å². The van der Waals surface area contributed by atoms with Gasteiger partial charge in [0.2, 0.25) is 0 Å². The van der Waals surface area contributed by atoms with Crippen LogP contribution < -0.4 is 4.90 Å². The SMILES string of the molecule is CN(Cc1ccc(C#N)cc1)c1ccc(C#N)nn1. The Balaban J connectivity index is 2.09. The predicted molar refractivity (Wildman–Crippen MR) is 70.0 cm³/mol. The van der Waals surface area contributed by atoms with E-state index in [4.69, 9.17) is 10.5 Å². The fourth-order valence-corrected chi connectivity index (χ4v) is 1.63. The topological polar surface area (TPSA) is 76.6 Å². The lowest BCUT2D eigenvalue weighted by atomic mass is 10.1. The van der Waals surface area contributed by atoms with E-state index in [9.17, 15) is 0 Å². The van der Waals surface area contributed by atoms with Crippen molar-refractivity contribution in [3.05, 3.63) is 53.2 Å². The Kier molecular flexibility index (Phi) is 3.70. The van der Waals surface area contributed by atoms with E-state index in [1.54, 1.807) is 24.3 Å². The lowest BCUT2D eigenvalue weighted by Gasteiger charge is -2.17. The molecule has 2 aromatic rings. The molecule has 0 saturated heterocycles. The molecule has 0 atom stereocenters. The van der Waals surface area contributed by atoms with Crippen LogP contribution >= 0.6 is 0 Å². The monoisotopic (exact) mass is 249 g/mol. The highest BCUT2D eigenvalue weighted by Gasteiger charge is 2.04. The van der Waals surface area contributed by atoms with E-state index < -0.39 is 0 Å². The predicted octanol–water partition coefficient (Wildman–Crippen LogP) is 1.86. The van der Waals surface area contributed by atoms with Crippen LogP contribution in [0.25, 0.3) is 0 Å². The zero-order valence-electron chi connectivity index (χ0n) is 10.4. The van der Waals surface area contributed by atoms with Gasteiger partial charge in [0.1, 0.15) is 6.07 Å². The van der Waals surface area contributed by atoms with E-state index in [0.717, 1.165) is 5.56 Å². The highest BCUT2D eigenvalue weighted by Crippen LogP contribution is 2.12. The molecular formula is C14H11N5. The number of aromatic nitrogens is 2. The van der Waals surface area contributed by atoms with Crippen molar-refractivity contribution < 1.29 is 0 Å². The van der Waals surface area contributed by atoms with E-state index in [1.807, 2.05) is 30.1 Å². The van der Waals surface area contributed by atoms with Crippen molar-refractivity contribution in [1.29, 1.82) is 10.5 Å². The average Bonchev–Trinajstić information content (AvgIpc) is 2.48. The molecule has 0 fully saturated rings. The molecule has 1 heterocycles. The van der Waals surface area contributed by atoms with Gasteiger partial charge < -0.3 is 4.90 Å². The molecule has 0 spiro atoms. The van der Waals surface area contributed by atoms with Gasteiger partial charge in [0.05, 0.1) is 11.6 Å². The second-order valence-electron chi connectivity index (χ2n) is 4.05. The Hall–Kier alpha value is -2.92. The van der Waals surface area contributed by atoms with Gasteiger partial charge in [-0.1, -0.05) is 12.1 Å². The molecule has 92 valence electrons. The van der Waals surface area contributed by atoms with E-state index in [1.165, 1.54) is 0 Å². The van der Waals surface area contributed by atoms with Gasteiger partial charge in [-0.2, -0.15) is 10.5 Å². The van der Waals surface area contributed by atoms with Gasteiger partial charge in [-0.15, -0.1) is 10.2 Å². The lowest BCUT2D eigenvalue weighted by molar-refractivity contribution is 0.862. The third-order valence-electron chi connectivity index (χ3n) is 2.66. The van der Waals surface area contributed by atoms with Crippen LogP contribution in [0.4, 0.5) is 5.82 Å². The number of hydrogen-bond acceptors (Lipinski definition) is 5. The minimum atomic E-state index is 0.301. The molecule has 0 aliphatic rings. The van der Waals surface area contributed by atoms with Crippen LogP contribution in [0.5, 0.6) is 0 Å². The van der Waals surface area contributed by atoms with Crippen molar-refractivity contribution in [1.82, 2.24) is 10.2 Å². The molecular weight excluding hydrogens is 238 g/mol. The van der Waals surface area contributed by atoms with Crippen molar-refractivity contribution in [3.8, 4) is 12.1 Å². The van der Waals surface area contributed by atoms with Crippen molar-refractivity contribution in [3.63, 3.8) is 0 Å². The maximum atomic E-state index is 8.73. The molecule has 0 aliphatic carbocycles. The summed E-state index contributed by atoms with van der Waals surface area (Å²) in [7, 11) is 1.90. The third-order valence-corrected chi connectivity index (χ3v) is 2.66. The largest absolute Gasteiger partial charge is 0.354 e. The summed E-state index contributed by atoms with van der Waals surface area (Å²) in [4.78, 5) is 1.93. The molecule has 0 saturated carbocycles. The van der Waals surface area contributed by atoms with E-state index >= 15 is 0 Å². The number of nitrogens with zero attached hydrogens (tertiary/aromatic N) is 5. The quantitative estimate of drug-likeness (QED) is 0.829. The number of rotatable bonds is 3. The molecule has 0 radical (unpaired) electrons. The van der Waals surface area contributed by atoms with Crippen molar-refractivity contribution in [2.45, 2.75) is 6.54 Å². The molecule has 0 unspecified atom stereocenters. The maximum absolute atomic E-state index is 8.73. The Morgan fingerprint density at radius 3 is 2.26 bits per heavy atom. The Labute approximate surface area is 111 Å². The standard InChI is InChI=1S/C14H11N5/c1-19(14-7-6-13(9-16)17-18-14)10-12-4-2-11(8-15)3-5-12/h2-7H,10H2,1H3. The molecule has 19 heavy (non-hydrogen) atoms. The fourth-order valence-electron chi connectivity index (χ4n) is 1.63. The summed E-state index contributed by atoms with van der Waals surface area (Å²) in [6.07, 6.45) is 0. The molecule has 0 amide bonds. The van der Waals surface area contributed by atoms with Crippen LogP contribution in [-0.2, 0) is 6.54 Å². The van der Waals surface area contributed by atoms with E-state index in [-0.39, 0.29) is 0 Å². The number of hydrogen-bond donors (Lipinski definition) is 0. The Bertz CT molecular complexity index is 632. The first-order valence-corrected chi connectivity index (χ1v) is 5.67. The van der Waals surface area contributed by atoms with Crippen molar-refractivity contribution in [2.75, 3.05) is 11.9 Å². The molecule has 2 rings (SSSR count). The third kappa shape index (κ3) is 3.05. The summed E-state index contributed by atoms with van der Waals surface area (Å²) >= 11 is 0. The van der Waals surface area contributed by atoms with Crippen LogP contribution in [-0.4, -0.2) is 17.2 Å². The van der Waals surface area contributed by atoms with Gasteiger partial charge in [-0.05, 0) is 29.8 Å². The van der Waals surface area contributed by atoms with Gasteiger partial charge in [-0.3, -0.25) is 0 Å². The lowest BCUT2D eigenvalue weighted by Crippen LogP contribution is -2.18. The van der Waals surface area contributed by atoms with E-state index in [2.05, 4.69) is 16.3 Å². The molecule has 0 aliphatic heterocycles. The van der Waals surface area contributed by atoms with Crippen molar-refractivity contribution in [2.24, 2.45) is 0 Å². The number of benzene rings is 1. The van der Waals surface area contributed by atoms with Crippen LogP contribution in [0.1, 0.15) is 16.8 Å². The minimum absolute atomic E-state index is 0.301. The molecule has 5 heteroatoms. The van der Waals surface area contributed by atoms with E-state index in [0.29, 0.717) is 23.6 Å². The fraction of sp³-hybridized carbons (Fsp3) is 0.143. The van der Waals surface area contributed by atoms with Gasteiger partial charge in [0.25, 0.3) is 0 Å². The highest BCUT2D eigenvalue weighted by molar-refractivity contribution is 5.40. The molecule has 5 nitrogen and oxygen atoms in total. The Morgan fingerprint density at radius 2 is 1.74 bits per heavy atom. The highest BCUT2D eigenvalue weighted by atomic mass is 15.2. The normalized spacial score (nSPS) is 9.42. The van der Waals surface area contributed by atoms with Gasteiger partial charge >= 0.3 is 0 Å². The smallest absolute Gasteiger partial charge is 0.163 e. The van der Waals surface area contributed by atoms with Crippen molar-refractivity contribution >= 4 is 5.82 Å². The maximum Gasteiger partial charge on any atom is 0.163 e. The molecule has 0 N–H and O–H groups in total. The summed E-state index contributed by atoms with van der Waals surface area (Å²) in [6, 6.07) is 14.8. The zero-order valence-corrected chi connectivity index (χ0v) is 10.4. The second kappa shape index (κ2) is 5.61. The first-order valence-electron chi connectivity index (χ1n) is 5.67. The molecule has 0 bridgehead atoms. The molecule has 1 aromatic carbocycles. The van der Waals surface area contributed by atoms with Crippen LogP contribution in [0.2, 0.25) is 0 Å². The summed E-state index contributed by atoms with van der Waals surface area (Å²) < 4.78 is 0. The summed E-state index contributed by atoms with van der Waals surface area (Å²) in [6.45, 7) is 0.659. The van der Waals surface area contributed by atoms with Crippen LogP contribution in [0.3, 0.4) is 0 Å². The minimum Gasteiger partial charge on any atom is -0.354 e. The zero-order chi connectivity index (χ0) is 13.7. The summed E-state index contributed by atoms with van der Waals surface area (Å²) in [5.74, 6) is 0.698. The van der Waals surface area contributed by atoms with Gasteiger partial charge in [-0.25, -0.2) is 0 Å². The van der Waals surface area contributed by atoms with Crippen LogP contribution in [0.15, 0.2) is 36.4 Å². The second-order valence-corrected chi connectivity index (χ2v) is 4.05. The summed E-state index contributed by atoms with van der Waals surface area (Å²) in [5.41, 5.74) is 2.02. The average molecular weight is 249 g/mol. The first kappa shape index (κ1) is 12.5.